The number of rotatable bonds is 3. The number of nitro benzene ring substituents is 1. The quantitative estimate of drug-likeness (QED) is 0.640. The van der Waals surface area contributed by atoms with Crippen LogP contribution >= 0.6 is 0 Å². The Labute approximate surface area is 105 Å². The number of benzene rings is 1. The lowest BCUT2D eigenvalue weighted by atomic mass is 10.1. The third kappa shape index (κ3) is 3.16. The first-order chi connectivity index (χ1) is 8.66. The van der Waals surface area contributed by atoms with E-state index in [9.17, 15) is 14.5 Å². The van der Waals surface area contributed by atoms with Gasteiger partial charge in [-0.1, -0.05) is 0 Å². The first-order valence-electron chi connectivity index (χ1n) is 6.08. The lowest BCUT2D eigenvalue weighted by molar-refractivity contribution is -0.387. The topological polar surface area (TPSA) is 67.2 Å². The van der Waals surface area contributed by atoms with Crippen LogP contribution in [-0.4, -0.2) is 24.1 Å². The van der Waals surface area contributed by atoms with E-state index >= 15 is 0 Å². The van der Waals surface area contributed by atoms with Gasteiger partial charge in [0.05, 0.1) is 4.92 Å². The van der Waals surface area contributed by atoms with Crippen molar-refractivity contribution in [1.29, 1.82) is 0 Å². The Bertz CT molecular complexity index is 431. The fourth-order valence-corrected chi connectivity index (χ4v) is 2.14. The molecule has 18 heavy (non-hydrogen) atoms. The number of halogens is 1. The van der Waals surface area contributed by atoms with Crippen LogP contribution in [0.5, 0.6) is 0 Å². The molecule has 1 aromatic rings. The number of nitro groups is 1. The van der Waals surface area contributed by atoms with E-state index in [0.29, 0.717) is 11.7 Å². The van der Waals surface area contributed by atoms with E-state index in [4.69, 9.17) is 0 Å². The summed E-state index contributed by atoms with van der Waals surface area (Å²) < 4.78 is 13.4. The Morgan fingerprint density at radius 1 is 1.39 bits per heavy atom. The lowest BCUT2D eigenvalue weighted by Crippen LogP contribution is -2.21. The second-order valence-electron chi connectivity index (χ2n) is 4.45. The molecule has 2 rings (SSSR count). The summed E-state index contributed by atoms with van der Waals surface area (Å²) in [4.78, 5) is 9.79. The van der Waals surface area contributed by atoms with Crippen molar-refractivity contribution in [1.82, 2.24) is 5.32 Å². The summed E-state index contributed by atoms with van der Waals surface area (Å²) in [5.74, 6) is -0.795. The minimum atomic E-state index is -0.795. The van der Waals surface area contributed by atoms with Crippen LogP contribution in [0.2, 0.25) is 0 Å². The zero-order chi connectivity index (χ0) is 13.0. The van der Waals surface area contributed by atoms with E-state index in [1.807, 2.05) is 0 Å². The van der Waals surface area contributed by atoms with Crippen molar-refractivity contribution >= 4 is 11.4 Å². The number of hydrogen-bond donors (Lipinski definition) is 2. The largest absolute Gasteiger partial charge is 0.382 e. The molecule has 0 saturated carbocycles. The molecule has 1 saturated heterocycles. The molecule has 1 atom stereocenters. The number of nitrogens with one attached hydrogen (secondary N) is 2. The highest BCUT2D eigenvalue weighted by Gasteiger charge is 2.16. The summed E-state index contributed by atoms with van der Waals surface area (Å²) >= 11 is 0. The van der Waals surface area contributed by atoms with Gasteiger partial charge in [0.1, 0.15) is 0 Å². The highest BCUT2D eigenvalue weighted by Crippen LogP contribution is 2.22. The molecule has 0 radical (unpaired) electrons. The van der Waals surface area contributed by atoms with Crippen molar-refractivity contribution in [3.8, 4) is 0 Å². The van der Waals surface area contributed by atoms with Crippen LogP contribution in [0.15, 0.2) is 18.2 Å². The van der Waals surface area contributed by atoms with Crippen LogP contribution in [-0.2, 0) is 0 Å². The van der Waals surface area contributed by atoms with Crippen molar-refractivity contribution in [2.75, 3.05) is 18.4 Å². The Morgan fingerprint density at radius 2 is 2.22 bits per heavy atom. The molecule has 0 aromatic heterocycles. The molecule has 1 aliphatic rings. The second kappa shape index (κ2) is 5.77. The minimum Gasteiger partial charge on any atom is -0.382 e. The van der Waals surface area contributed by atoms with Gasteiger partial charge in [0, 0.05) is 23.9 Å². The number of hydrogen-bond acceptors (Lipinski definition) is 4. The molecule has 5 nitrogen and oxygen atoms in total. The fraction of sp³-hybridized carbons (Fsp3) is 0.500. The second-order valence-corrected chi connectivity index (χ2v) is 4.45. The van der Waals surface area contributed by atoms with Gasteiger partial charge < -0.3 is 10.6 Å². The van der Waals surface area contributed by atoms with Crippen molar-refractivity contribution in [2.24, 2.45) is 0 Å². The molecule has 1 unspecified atom stereocenters. The molecule has 0 aliphatic carbocycles. The third-order valence-electron chi connectivity index (χ3n) is 3.09. The SMILES string of the molecule is O=[N+]([O-])c1ccc(NC2CCCNCC2)cc1F. The van der Waals surface area contributed by atoms with E-state index in [-0.39, 0.29) is 0 Å². The molecule has 2 N–H and O–H groups in total. The van der Waals surface area contributed by atoms with E-state index < -0.39 is 16.4 Å². The molecule has 0 amide bonds. The average molecular weight is 253 g/mol. The van der Waals surface area contributed by atoms with Crippen molar-refractivity contribution in [2.45, 2.75) is 25.3 Å². The Kier molecular flexibility index (Phi) is 4.09. The smallest absolute Gasteiger partial charge is 0.304 e. The van der Waals surface area contributed by atoms with Crippen LogP contribution in [0.1, 0.15) is 19.3 Å². The van der Waals surface area contributed by atoms with Gasteiger partial charge in [-0.2, -0.15) is 4.39 Å². The maximum Gasteiger partial charge on any atom is 0.304 e. The van der Waals surface area contributed by atoms with Crippen molar-refractivity contribution < 1.29 is 9.31 Å². The van der Waals surface area contributed by atoms with E-state index in [1.54, 1.807) is 6.07 Å². The van der Waals surface area contributed by atoms with Gasteiger partial charge in [0.25, 0.3) is 0 Å². The lowest BCUT2D eigenvalue weighted by Gasteiger charge is -2.17. The molecule has 0 spiro atoms. The normalized spacial score (nSPS) is 20.2. The van der Waals surface area contributed by atoms with Crippen molar-refractivity contribution in [3.05, 3.63) is 34.1 Å². The summed E-state index contributed by atoms with van der Waals surface area (Å²) in [6.45, 7) is 1.94. The minimum absolute atomic E-state index is 0.292. The average Bonchev–Trinajstić information content (AvgIpc) is 2.57. The van der Waals surface area contributed by atoms with E-state index in [0.717, 1.165) is 32.4 Å². The monoisotopic (exact) mass is 253 g/mol. The van der Waals surface area contributed by atoms with Gasteiger partial charge in [-0.05, 0) is 38.4 Å². The highest BCUT2D eigenvalue weighted by molar-refractivity contribution is 5.50. The zero-order valence-electron chi connectivity index (χ0n) is 9.99. The van der Waals surface area contributed by atoms with Crippen molar-refractivity contribution in [3.63, 3.8) is 0 Å². The predicted molar refractivity (Wildman–Crippen MR) is 67.2 cm³/mol. The molecule has 98 valence electrons. The van der Waals surface area contributed by atoms with Gasteiger partial charge in [0.2, 0.25) is 5.82 Å². The van der Waals surface area contributed by atoms with Gasteiger partial charge in [-0.3, -0.25) is 10.1 Å². The van der Waals surface area contributed by atoms with Gasteiger partial charge >= 0.3 is 5.69 Å². The Hall–Kier alpha value is -1.69. The Morgan fingerprint density at radius 3 is 2.94 bits per heavy atom. The summed E-state index contributed by atoms with van der Waals surface area (Å²) in [6.07, 6.45) is 3.07. The molecule has 1 heterocycles. The van der Waals surface area contributed by atoms with Gasteiger partial charge in [0.15, 0.2) is 0 Å². The Balaban J connectivity index is 2.05. The summed E-state index contributed by atoms with van der Waals surface area (Å²) in [7, 11) is 0. The molecule has 1 fully saturated rings. The molecule has 0 bridgehead atoms. The fourth-order valence-electron chi connectivity index (χ4n) is 2.14. The van der Waals surface area contributed by atoms with Crippen LogP contribution in [0.25, 0.3) is 0 Å². The van der Waals surface area contributed by atoms with Gasteiger partial charge in [-0.15, -0.1) is 0 Å². The molecule has 1 aromatic carbocycles. The van der Waals surface area contributed by atoms with Gasteiger partial charge in [-0.25, -0.2) is 0 Å². The number of nitrogens with zero attached hydrogens (tertiary/aromatic N) is 1. The predicted octanol–water partition coefficient (Wildman–Crippen LogP) is 2.29. The summed E-state index contributed by atoms with van der Waals surface area (Å²) in [5.41, 5.74) is 0.119. The first-order valence-corrected chi connectivity index (χ1v) is 6.08. The standard InChI is InChI=1S/C12H16FN3O2/c13-11-8-10(3-4-12(11)16(17)18)15-9-2-1-6-14-7-5-9/h3-4,8-9,14-15H,1-2,5-7H2. The maximum atomic E-state index is 13.4. The highest BCUT2D eigenvalue weighted by atomic mass is 19.1. The van der Waals surface area contributed by atoms with Crippen LogP contribution in [0, 0.1) is 15.9 Å². The van der Waals surface area contributed by atoms with Crippen LogP contribution < -0.4 is 10.6 Å². The first kappa shape index (κ1) is 12.8. The molecule has 1 aliphatic heterocycles. The van der Waals surface area contributed by atoms with E-state index in [2.05, 4.69) is 10.6 Å². The molecular formula is C12H16FN3O2. The molecular weight excluding hydrogens is 237 g/mol. The maximum absolute atomic E-state index is 13.4. The van der Waals surface area contributed by atoms with Crippen LogP contribution in [0.3, 0.4) is 0 Å². The van der Waals surface area contributed by atoms with Crippen LogP contribution in [0.4, 0.5) is 15.8 Å². The zero-order valence-corrected chi connectivity index (χ0v) is 9.99. The third-order valence-corrected chi connectivity index (χ3v) is 3.09. The molecule has 6 heteroatoms. The summed E-state index contributed by atoms with van der Waals surface area (Å²) in [6, 6.07) is 4.24. The number of anilines is 1. The summed E-state index contributed by atoms with van der Waals surface area (Å²) in [5, 5.41) is 17.0. The van der Waals surface area contributed by atoms with E-state index in [1.165, 1.54) is 12.1 Å².